The Kier molecular flexibility index (Phi) is 4.84. The molecule has 4 nitrogen and oxygen atoms in total. The Hall–Kier alpha value is -1.69. The molecule has 0 fully saturated rings. The molecule has 0 amide bonds. The zero-order valence-corrected chi connectivity index (χ0v) is 9.93. The van der Waals surface area contributed by atoms with Gasteiger partial charge in [-0.2, -0.15) is 0 Å². The van der Waals surface area contributed by atoms with Crippen LogP contribution in [0.4, 0.5) is 5.69 Å². The standard InChI is InChI=1S/C6H7N.C6H6O3S/c7-6-4-2-1-3-5-6;7-10(8,9)6-4-2-1-3-5-6/h1-5H,7H2;1-5H,(H,7,8,9). The third-order valence-corrected chi connectivity index (χ3v) is 2.72. The lowest BCUT2D eigenvalue weighted by Crippen LogP contribution is -2.39. The van der Waals surface area contributed by atoms with Crippen LogP contribution >= 0.6 is 0 Å². The van der Waals surface area contributed by atoms with Crippen LogP contribution < -0.4 is 5.73 Å². The van der Waals surface area contributed by atoms with Crippen molar-refractivity contribution in [1.29, 1.82) is 0 Å². The van der Waals surface area contributed by atoms with Gasteiger partial charge in [0, 0.05) is 0 Å². The molecule has 2 aromatic carbocycles. The number of hydrogen-bond donors (Lipinski definition) is 1. The van der Waals surface area contributed by atoms with Gasteiger partial charge in [-0.3, -0.25) is 0 Å². The van der Waals surface area contributed by atoms with E-state index < -0.39 is 10.1 Å². The SMILES string of the molecule is O=S(=O)([O-])c1ccccc1.[NH3+]c1ccccc1. The van der Waals surface area contributed by atoms with E-state index >= 15 is 0 Å². The van der Waals surface area contributed by atoms with Crippen LogP contribution in [0.25, 0.3) is 0 Å². The van der Waals surface area contributed by atoms with E-state index in [1.54, 1.807) is 6.07 Å². The van der Waals surface area contributed by atoms with Crippen molar-refractivity contribution in [1.82, 2.24) is 0 Å². The molecule has 0 aliphatic heterocycles. The molecule has 0 aliphatic carbocycles. The normalized spacial score (nSPS) is 10.2. The molecule has 0 heterocycles. The van der Waals surface area contributed by atoms with Gasteiger partial charge in [0.05, 0.1) is 4.90 Å². The number of hydrogen-bond acceptors (Lipinski definition) is 3. The summed E-state index contributed by atoms with van der Waals surface area (Å²) in [5.74, 6) is 0. The minimum Gasteiger partial charge on any atom is -0.744 e. The minimum atomic E-state index is -4.25. The van der Waals surface area contributed by atoms with Gasteiger partial charge in [0.25, 0.3) is 0 Å². The van der Waals surface area contributed by atoms with Crippen LogP contribution in [0.1, 0.15) is 0 Å². The summed E-state index contributed by atoms with van der Waals surface area (Å²) in [7, 11) is -4.25. The van der Waals surface area contributed by atoms with Crippen LogP contribution in [0.3, 0.4) is 0 Å². The van der Waals surface area contributed by atoms with Crippen LogP contribution in [-0.2, 0) is 10.1 Å². The lowest BCUT2D eigenvalue weighted by atomic mass is 10.3. The topological polar surface area (TPSA) is 84.8 Å². The summed E-state index contributed by atoms with van der Waals surface area (Å²) >= 11 is 0. The van der Waals surface area contributed by atoms with Crippen molar-refractivity contribution in [2.24, 2.45) is 0 Å². The van der Waals surface area contributed by atoms with Crippen molar-refractivity contribution < 1.29 is 18.7 Å². The average molecular weight is 251 g/mol. The minimum absolute atomic E-state index is 0.185. The molecule has 0 aromatic heterocycles. The van der Waals surface area contributed by atoms with E-state index in [4.69, 9.17) is 0 Å². The van der Waals surface area contributed by atoms with Gasteiger partial charge < -0.3 is 10.3 Å². The van der Waals surface area contributed by atoms with E-state index in [1.165, 1.54) is 24.3 Å². The first-order valence-corrected chi connectivity index (χ1v) is 6.29. The number of rotatable bonds is 1. The summed E-state index contributed by atoms with van der Waals surface area (Å²) in [5.41, 5.74) is 4.79. The molecule has 2 aromatic rings. The van der Waals surface area contributed by atoms with Crippen LogP contribution in [-0.4, -0.2) is 13.0 Å². The van der Waals surface area contributed by atoms with Gasteiger partial charge in [-0.15, -0.1) is 0 Å². The highest BCUT2D eigenvalue weighted by molar-refractivity contribution is 7.85. The second kappa shape index (κ2) is 6.15. The average Bonchev–Trinajstić information content (AvgIpc) is 2.31. The van der Waals surface area contributed by atoms with Crippen LogP contribution in [0, 0.1) is 0 Å². The molecular weight excluding hydrogens is 238 g/mol. The Balaban J connectivity index is 0.000000181. The van der Waals surface area contributed by atoms with Crippen molar-refractivity contribution in [3.05, 3.63) is 60.7 Å². The predicted molar refractivity (Wildman–Crippen MR) is 63.4 cm³/mol. The summed E-state index contributed by atoms with van der Waals surface area (Å²) < 4.78 is 30.8. The van der Waals surface area contributed by atoms with Crippen LogP contribution in [0.2, 0.25) is 0 Å². The Morgan fingerprint density at radius 1 is 0.824 bits per heavy atom. The van der Waals surface area contributed by atoms with E-state index in [1.807, 2.05) is 30.3 Å². The second-order valence-electron chi connectivity index (χ2n) is 3.25. The summed E-state index contributed by atoms with van der Waals surface area (Å²) in [4.78, 5) is -0.185. The quantitative estimate of drug-likeness (QED) is 0.771. The Bertz CT molecular complexity index is 538. The van der Waals surface area contributed by atoms with E-state index in [-0.39, 0.29) is 4.90 Å². The molecule has 0 saturated heterocycles. The summed E-state index contributed by atoms with van der Waals surface area (Å²) in [6, 6.07) is 17.1. The van der Waals surface area contributed by atoms with E-state index in [0.29, 0.717) is 0 Å². The highest BCUT2D eigenvalue weighted by Crippen LogP contribution is 2.04. The fourth-order valence-electron chi connectivity index (χ4n) is 1.07. The van der Waals surface area contributed by atoms with Gasteiger partial charge in [-0.25, -0.2) is 8.42 Å². The highest BCUT2D eigenvalue weighted by Gasteiger charge is 1.95. The van der Waals surface area contributed by atoms with E-state index in [9.17, 15) is 13.0 Å². The summed E-state index contributed by atoms with van der Waals surface area (Å²) in [6.07, 6.45) is 0. The number of quaternary nitrogens is 1. The van der Waals surface area contributed by atoms with Gasteiger partial charge in [-0.1, -0.05) is 36.4 Å². The molecule has 17 heavy (non-hydrogen) atoms. The Morgan fingerprint density at radius 3 is 1.47 bits per heavy atom. The molecule has 90 valence electrons. The first-order valence-electron chi connectivity index (χ1n) is 4.88. The fraction of sp³-hybridized carbons (Fsp3) is 0. The summed E-state index contributed by atoms with van der Waals surface area (Å²) in [6.45, 7) is 0. The Morgan fingerprint density at radius 2 is 1.24 bits per heavy atom. The summed E-state index contributed by atoms with van der Waals surface area (Å²) in [5, 5.41) is 0. The molecule has 2 rings (SSSR count). The molecule has 0 atom stereocenters. The van der Waals surface area contributed by atoms with Gasteiger partial charge >= 0.3 is 0 Å². The molecule has 5 heteroatoms. The third-order valence-electron chi connectivity index (χ3n) is 1.87. The first-order chi connectivity index (χ1) is 8.00. The van der Waals surface area contributed by atoms with Crippen LogP contribution in [0.5, 0.6) is 0 Å². The largest absolute Gasteiger partial charge is 0.744 e. The molecule has 0 aliphatic rings. The van der Waals surface area contributed by atoms with Gasteiger partial charge in [-0.05, 0) is 24.3 Å². The first kappa shape index (κ1) is 13.4. The lowest BCUT2D eigenvalue weighted by Gasteiger charge is -2.04. The van der Waals surface area contributed by atoms with Crippen molar-refractivity contribution in [3.8, 4) is 0 Å². The lowest BCUT2D eigenvalue weighted by molar-refractivity contribution is -0.254. The van der Waals surface area contributed by atoms with Gasteiger partial charge in [0.1, 0.15) is 15.8 Å². The predicted octanol–water partition coefficient (Wildman–Crippen LogP) is 1.15. The Labute approximate surface area is 100 Å². The maximum Gasteiger partial charge on any atom is 0.127 e. The van der Waals surface area contributed by atoms with Gasteiger partial charge in [0.15, 0.2) is 0 Å². The van der Waals surface area contributed by atoms with Crippen molar-refractivity contribution >= 4 is 15.8 Å². The maximum atomic E-state index is 10.3. The number of benzene rings is 2. The monoisotopic (exact) mass is 251 g/mol. The van der Waals surface area contributed by atoms with E-state index in [0.717, 1.165) is 5.69 Å². The van der Waals surface area contributed by atoms with Crippen LogP contribution in [0.15, 0.2) is 65.6 Å². The molecule has 0 saturated carbocycles. The van der Waals surface area contributed by atoms with Crippen molar-refractivity contribution in [2.75, 3.05) is 0 Å². The van der Waals surface area contributed by atoms with Gasteiger partial charge in [0.2, 0.25) is 0 Å². The highest BCUT2D eigenvalue weighted by atomic mass is 32.2. The smallest absolute Gasteiger partial charge is 0.127 e. The second-order valence-corrected chi connectivity index (χ2v) is 4.63. The fourth-order valence-corrected chi connectivity index (χ4v) is 1.56. The molecule has 0 spiro atoms. The molecular formula is C12H13NO3S. The zero-order valence-electron chi connectivity index (χ0n) is 9.11. The maximum absolute atomic E-state index is 10.3. The molecule has 0 unspecified atom stereocenters. The molecule has 3 N–H and O–H groups in total. The molecule has 0 radical (unpaired) electrons. The molecule has 0 bridgehead atoms. The van der Waals surface area contributed by atoms with E-state index in [2.05, 4.69) is 5.73 Å². The van der Waals surface area contributed by atoms with Crippen molar-refractivity contribution in [2.45, 2.75) is 4.90 Å². The van der Waals surface area contributed by atoms with Crippen molar-refractivity contribution in [3.63, 3.8) is 0 Å². The zero-order chi connectivity index (χ0) is 12.7. The third kappa shape index (κ3) is 5.26.